The first kappa shape index (κ1) is 16.3. The topological polar surface area (TPSA) is 49.4 Å². The highest BCUT2D eigenvalue weighted by Crippen LogP contribution is 2.35. The van der Waals surface area contributed by atoms with Crippen molar-refractivity contribution in [1.29, 1.82) is 0 Å². The van der Waals surface area contributed by atoms with Crippen molar-refractivity contribution >= 4 is 23.6 Å². The fourth-order valence-corrected chi connectivity index (χ4v) is 4.27. The number of rotatable bonds is 5. The van der Waals surface area contributed by atoms with Gasteiger partial charge in [-0.3, -0.25) is 9.59 Å². The van der Waals surface area contributed by atoms with Crippen LogP contribution in [0.5, 0.6) is 0 Å². The van der Waals surface area contributed by atoms with E-state index in [9.17, 15) is 14.0 Å². The number of hydrogen-bond acceptors (Lipinski definition) is 3. The lowest BCUT2D eigenvalue weighted by atomic mass is 9.91. The summed E-state index contributed by atoms with van der Waals surface area (Å²) < 4.78 is 13.2. The maximum Gasteiger partial charge on any atom is 0.240 e. The van der Waals surface area contributed by atoms with Gasteiger partial charge in [-0.25, -0.2) is 4.39 Å². The minimum Gasteiger partial charge on any atom is -0.347 e. The van der Waals surface area contributed by atoms with E-state index in [1.54, 1.807) is 17.0 Å². The van der Waals surface area contributed by atoms with Gasteiger partial charge in [-0.2, -0.15) is 0 Å². The smallest absolute Gasteiger partial charge is 0.240 e. The molecule has 0 unspecified atom stereocenters. The van der Waals surface area contributed by atoms with E-state index in [2.05, 4.69) is 5.32 Å². The van der Waals surface area contributed by atoms with E-state index in [-0.39, 0.29) is 30.2 Å². The summed E-state index contributed by atoms with van der Waals surface area (Å²) in [4.78, 5) is 25.6. The molecule has 1 aromatic carbocycles. The van der Waals surface area contributed by atoms with Crippen LogP contribution in [0, 0.1) is 11.7 Å². The molecule has 1 N–H and O–H groups in total. The predicted octanol–water partition coefficient (Wildman–Crippen LogP) is 2.71. The summed E-state index contributed by atoms with van der Waals surface area (Å²) in [5.41, 5.74) is 0.939. The highest BCUT2D eigenvalue weighted by Gasteiger charge is 2.29. The van der Waals surface area contributed by atoms with Gasteiger partial charge in [0.1, 0.15) is 12.4 Å². The van der Waals surface area contributed by atoms with Crippen molar-refractivity contribution in [2.45, 2.75) is 31.7 Å². The lowest BCUT2D eigenvalue weighted by molar-refractivity contribution is -0.132. The number of thioether (sulfide) groups is 1. The second kappa shape index (κ2) is 7.34. The van der Waals surface area contributed by atoms with Gasteiger partial charge in [0.15, 0.2) is 0 Å². The van der Waals surface area contributed by atoms with E-state index >= 15 is 0 Å². The fraction of sp³-hybridized carbons (Fsp3) is 0.529. The maximum atomic E-state index is 13.2. The molecule has 23 heavy (non-hydrogen) atoms. The summed E-state index contributed by atoms with van der Waals surface area (Å²) in [7, 11) is 0. The summed E-state index contributed by atoms with van der Waals surface area (Å²) in [5, 5.41) is 3.08. The van der Waals surface area contributed by atoms with Gasteiger partial charge >= 0.3 is 0 Å². The minimum atomic E-state index is -0.273. The zero-order valence-corrected chi connectivity index (χ0v) is 13.8. The molecule has 0 bridgehead atoms. The van der Waals surface area contributed by atoms with Crippen LogP contribution in [0.1, 0.15) is 37.3 Å². The zero-order valence-electron chi connectivity index (χ0n) is 13.0. The Bertz CT molecular complexity index is 572. The van der Waals surface area contributed by atoms with E-state index in [0.717, 1.165) is 18.4 Å². The van der Waals surface area contributed by atoms with Crippen LogP contribution in [0.4, 0.5) is 4.39 Å². The van der Waals surface area contributed by atoms with Crippen molar-refractivity contribution in [3.05, 3.63) is 35.6 Å². The van der Waals surface area contributed by atoms with Crippen LogP contribution in [0.25, 0.3) is 0 Å². The Balaban J connectivity index is 1.69. The molecule has 1 saturated carbocycles. The molecule has 0 radical (unpaired) electrons. The molecule has 124 valence electrons. The molecular formula is C17H21FN2O2S. The highest BCUT2D eigenvalue weighted by atomic mass is 32.2. The molecule has 4 nitrogen and oxygen atoms in total. The van der Waals surface area contributed by atoms with E-state index in [0.29, 0.717) is 17.5 Å². The van der Waals surface area contributed by atoms with Gasteiger partial charge in [0.05, 0.1) is 17.7 Å². The van der Waals surface area contributed by atoms with Crippen LogP contribution in [0.2, 0.25) is 0 Å². The molecule has 1 aliphatic carbocycles. The normalized spacial score (nSPS) is 20.0. The molecule has 6 heteroatoms. The number of halogens is 1. The lowest BCUT2D eigenvalue weighted by Crippen LogP contribution is -2.41. The van der Waals surface area contributed by atoms with Gasteiger partial charge in [-0.15, -0.1) is 11.8 Å². The summed E-state index contributed by atoms with van der Waals surface area (Å²) in [6.45, 7) is 0.107. The Morgan fingerprint density at radius 2 is 2.00 bits per heavy atom. The summed E-state index contributed by atoms with van der Waals surface area (Å²) in [6.07, 6.45) is 4.47. The number of hydrogen-bond donors (Lipinski definition) is 1. The number of carbonyl (C=O) groups excluding carboxylic acids is 2. The first-order valence-corrected chi connectivity index (χ1v) is 9.19. The Labute approximate surface area is 139 Å². The molecule has 0 aromatic heterocycles. The zero-order chi connectivity index (χ0) is 16.2. The fourth-order valence-electron chi connectivity index (χ4n) is 3.37. The number of benzene rings is 1. The quantitative estimate of drug-likeness (QED) is 0.899. The number of nitrogens with one attached hydrogen (secondary N) is 1. The van der Waals surface area contributed by atoms with Crippen LogP contribution in [0.3, 0.4) is 0 Å². The van der Waals surface area contributed by atoms with Crippen molar-refractivity contribution in [3.8, 4) is 0 Å². The van der Waals surface area contributed by atoms with Gasteiger partial charge in [-0.05, 0) is 36.5 Å². The first-order valence-electron chi connectivity index (χ1n) is 8.04. The average molecular weight is 336 g/mol. The summed E-state index contributed by atoms with van der Waals surface area (Å²) in [5.74, 6) is 1.03. The number of amides is 2. The minimum absolute atomic E-state index is 0.0179. The van der Waals surface area contributed by atoms with Crippen LogP contribution < -0.4 is 5.32 Å². The van der Waals surface area contributed by atoms with E-state index < -0.39 is 0 Å². The Morgan fingerprint density at radius 1 is 1.30 bits per heavy atom. The van der Waals surface area contributed by atoms with Gasteiger partial charge in [0, 0.05) is 0 Å². The standard InChI is InChI=1S/C17H21FN2O2S/c18-14-7-5-13(6-8-14)17(12-3-1-2-4-12)19-15(21)9-20-11-23-10-16(20)22/h5-8,12,17H,1-4,9-11H2,(H,19,21)/t17-/m1/s1. The van der Waals surface area contributed by atoms with E-state index in [4.69, 9.17) is 0 Å². The Morgan fingerprint density at radius 3 is 2.61 bits per heavy atom. The van der Waals surface area contributed by atoms with Gasteiger partial charge in [-0.1, -0.05) is 25.0 Å². The van der Waals surface area contributed by atoms with Crippen LogP contribution >= 0.6 is 11.8 Å². The molecule has 2 aliphatic rings. The molecule has 1 atom stereocenters. The molecule has 1 heterocycles. The van der Waals surface area contributed by atoms with Crippen LogP contribution in [0.15, 0.2) is 24.3 Å². The molecule has 0 spiro atoms. The lowest BCUT2D eigenvalue weighted by Gasteiger charge is -2.26. The summed E-state index contributed by atoms with van der Waals surface area (Å²) >= 11 is 1.53. The van der Waals surface area contributed by atoms with Gasteiger partial charge in [0.25, 0.3) is 0 Å². The predicted molar refractivity (Wildman–Crippen MR) is 88.3 cm³/mol. The second-order valence-corrected chi connectivity index (χ2v) is 7.17. The third kappa shape index (κ3) is 4.05. The Hall–Kier alpha value is -1.56. The third-order valence-electron chi connectivity index (χ3n) is 4.58. The molecule has 2 fully saturated rings. The number of nitrogens with zero attached hydrogens (tertiary/aromatic N) is 1. The average Bonchev–Trinajstić information content (AvgIpc) is 3.19. The molecule has 3 rings (SSSR count). The highest BCUT2D eigenvalue weighted by molar-refractivity contribution is 8.00. The molecular weight excluding hydrogens is 315 g/mol. The number of carbonyl (C=O) groups is 2. The largest absolute Gasteiger partial charge is 0.347 e. The molecule has 1 aromatic rings. The molecule has 2 amide bonds. The van der Waals surface area contributed by atoms with Crippen molar-refractivity contribution in [2.75, 3.05) is 18.2 Å². The SMILES string of the molecule is O=C(CN1CSCC1=O)N[C@@H](c1ccc(F)cc1)C1CCCC1. The Kier molecular flexibility index (Phi) is 5.20. The van der Waals surface area contributed by atoms with Crippen LogP contribution in [-0.2, 0) is 9.59 Å². The molecule has 1 aliphatic heterocycles. The van der Waals surface area contributed by atoms with Gasteiger partial charge < -0.3 is 10.2 Å². The second-order valence-electron chi connectivity index (χ2n) is 6.21. The first-order chi connectivity index (χ1) is 11.1. The molecule has 1 saturated heterocycles. The summed E-state index contributed by atoms with van der Waals surface area (Å²) in [6, 6.07) is 6.26. The third-order valence-corrected chi connectivity index (χ3v) is 5.52. The van der Waals surface area contributed by atoms with Crippen molar-refractivity contribution in [3.63, 3.8) is 0 Å². The van der Waals surface area contributed by atoms with Crippen molar-refractivity contribution in [1.82, 2.24) is 10.2 Å². The van der Waals surface area contributed by atoms with E-state index in [1.807, 2.05) is 0 Å². The van der Waals surface area contributed by atoms with Crippen molar-refractivity contribution in [2.24, 2.45) is 5.92 Å². The van der Waals surface area contributed by atoms with Crippen LogP contribution in [-0.4, -0.2) is 34.9 Å². The van der Waals surface area contributed by atoms with E-state index in [1.165, 1.54) is 36.7 Å². The maximum absolute atomic E-state index is 13.2. The van der Waals surface area contributed by atoms with Gasteiger partial charge in [0.2, 0.25) is 11.8 Å². The van der Waals surface area contributed by atoms with Crippen molar-refractivity contribution < 1.29 is 14.0 Å². The monoisotopic (exact) mass is 336 g/mol.